The maximum atomic E-state index is 12.8. The van der Waals surface area contributed by atoms with E-state index < -0.39 is 38.7 Å². The van der Waals surface area contributed by atoms with Crippen LogP contribution >= 0.6 is 0 Å². The van der Waals surface area contributed by atoms with E-state index in [9.17, 15) is 21.6 Å². The number of nitrogens with zero attached hydrogens (tertiary/aromatic N) is 1. The van der Waals surface area contributed by atoms with Gasteiger partial charge in [0, 0.05) is 0 Å². The highest BCUT2D eigenvalue weighted by Gasteiger charge is 2.24. The van der Waals surface area contributed by atoms with E-state index in [0.29, 0.717) is 6.07 Å². The molecule has 15 heavy (non-hydrogen) atoms. The quantitative estimate of drug-likeness (QED) is 0.731. The molecule has 0 aliphatic carbocycles. The van der Waals surface area contributed by atoms with Gasteiger partial charge in [-0.2, -0.15) is 4.39 Å². The van der Waals surface area contributed by atoms with Gasteiger partial charge in [-0.1, -0.05) is 0 Å². The lowest BCUT2D eigenvalue weighted by atomic mass is 10.3. The molecule has 1 rings (SSSR count). The number of primary sulfonamides is 1. The fourth-order valence-electron chi connectivity index (χ4n) is 0.891. The van der Waals surface area contributed by atoms with Crippen molar-refractivity contribution in [1.82, 2.24) is 4.98 Å². The minimum atomic E-state index is -4.50. The standard InChI is InChI=1S/C6H6F3N3O2S/c7-4(8)2-1-3(10)5(9)12-6(2)15(11,13)14/h1,4H,10H2,(H2,11,13,14). The first kappa shape index (κ1) is 11.7. The number of rotatable bonds is 2. The molecular formula is C6H6F3N3O2S. The molecule has 0 bridgehead atoms. The van der Waals surface area contributed by atoms with Crippen molar-refractivity contribution in [3.8, 4) is 0 Å². The lowest BCUT2D eigenvalue weighted by Crippen LogP contribution is -2.18. The minimum Gasteiger partial charge on any atom is -0.395 e. The third kappa shape index (κ3) is 2.36. The van der Waals surface area contributed by atoms with Gasteiger partial charge in [-0.05, 0) is 6.07 Å². The number of nitrogen functional groups attached to an aromatic ring is 1. The smallest absolute Gasteiger partial charge is 0.266 e. The number of halogens is 3. The van der Waals surface area contributed by atoms with Gasteiger partial charge in [-0.25, -0.2) is 27.3 Å². The predicted molar refractivity (Wildman–Crippen MR) is 44.9 cm³/mol. The molecule has 1 aromatic heterocycles. The first-order chi connectivity index (χ1) is 6.73. The van der Waals surface area contributed by atoms with Gasteiger partial charge in [0.2, 0.25) is 5.95 Å². The Kier molecular flexibility index (Phi) is 2.86. The topological polar surface area (TPSA) is 99.1 Å². The van der Waals surface area contributed by atoms with Crippen LogP contribution in [0.2, 0.25) is 0 Å². The van der Waals surface area contributed by atoms with Gasteiger partial charge in [-0.15, -0.1) is 0 Å². The number of hydrogen-bond donors (Lipinski definition) is 2. The lowest BCUT2D eigenvalue weighted by Gasteiger charge is -2.07. The molecule has 1 aromatic rings. The molecule has 0 aliphatic heterocycles. The second-order valence-corrected chi connectivity index (χ2v) is 4.09. The molecule has 0 aromatic carbocycles. The molecule has 0 spiro atoms. The Morgan fingerprint density at radius 2 is 1.93 bits per heavy atom. The van der Waals surface area contributed by atoms with Crippen molar-refractivity contribution in [2.75, 3.05) is 5.73 Å². The van der Waals surface area contributed by atoms with Crippen LogP contribution in [0.3, 0.4) is 0 Å². The number of aromatic nitrogens is 1. The summed E-state index contributed by atoms with van der Waals surface area (Å²) in [6.07, 6.45) is -3.16. The van der Waals surface area contributed by atoms with E-state index in [0.717, 1.165) is 0 Å². The first-order valence-electron chi connectivity index (χ1n) is 3.50. The summed E-state index contributed by atoms with van der Waals surface area (Å²) in [5.74, 6) is -1.36. The maximum Gasteiger partial charge on any atom is 0.266 e. The van der Waals surface area contributed by atoms with Crippen LogP contribution in [0.5, 0.6) is 0 Å². The molecule has 0 fully saturated rings. The Morgan fingerprint density at radius 1 is 1.40 bits per heavy atom. The van der Waals surface area contributed by atoms with E-state index in [1.165, 1.54) is 0 Å². The van der Waals surface area contributed by atoms with Crippen molar-refractivity contribution in [2.24, 2.45) is 5.14 Å². The van der Waals surface area contributed by atoms with Crippen LogP contribution in [0, 0.1) is 5.95 Å². The van der Waals surface area contributed by atoms with Gasteiger partial charge < -0.3 is 5.73 Å². The third-order valence-electron chi connectivity index (χ3n) is 1.50. The normalized spacial score (nSPS) is 12.1. The van der Waals surface area contributed by atoms with Crippen molar-refractivity contribution >= 4 is 15.7 Å². The maximum absolute atomic E-state index is 12.8. The Hall–Kier alpha value is -1.35. The molecule has 0 aliphatic rings. The van der Waals surface area contributed by atoms with E-state index in [-0.39, 0.29) is 0 Å². The number of nitrogens with two attached hydrogens (primary N) is 2. The van der Waals surface area contributed by atoms with Crippen molar-refractivity contribution in [3.63, 3.8) is 0 Å². The average Bonchev–Trinajstić information content (AvgIpc) is 2.06. The summed E-state index contributed by atoms with van der Waals surface area (Å²) in [5.41, 5.74) is 3.28. The van der Waals surface area contributed by atoms with Crippen LogP contribution in [-0.2, 0) is 10.0 Å². The second-order valence-electron chi connectivity index (χ2n) is 2.61. The van der Waals surface area contributed by atoms with Crippen LogP contribution < -0.4 is 10.9 Å². The molecule has 9 heteroatoms. The number of anilines is 1. The van der Waals surface area contributed by atoms with Crippen LogP contribution in [0.15, 0.2) is 11.1 Å². The highest BCUT2D eigenvalue weighted by molar-refractivity contribution is 7.89. The van der Waals surface area contributed by atoms with E-state index in [1.807, 2.05) is 0 Å². The molecule has 0 radical (unpaired) electrons. The molecule has 0 saturated carbocycles. The fourth-order valence-corrected chi connectivity index (χ4v) is 1.58. The summed E-state index contributed by atoms with van der Waals surface area (Å²) in [4.78, 5) is 2.78. The number of pyridine rings is 1. The molecular weight excluding hydrogens is 235 g/mol. The van der Waals surface area contributed by atoms with E-state index in [1.54, 1.807) is 0 Å². The van der Waals surface area contributed by atoms with Gasteiger partial charge >= 0.3 is 0 Å². The number of hydrogen-bond acceptors (Lipinski definition) is 4. The monoisotopic (exact) mass is 241 g/mol. The fraction of sp³-hybridized carbons (Fsp3) is 0.167. The Balaban J connectivity index is 3.56. The van der Waals surface area contributed by atoms with Crippen LogP contribution in [-0.4, -0.2) is 13.4 Å². The Labute approximate surface area is 83.0 Å². The molecule has 0 saturated heterocycles. The molecule has 0 amide bonds. The van der Waals surface area contributed by atoms with Crippen molar-refractivity contribution < 1.29 is 21.6 Å². The second kappa shape index (κ2) is 3.66. The summed E-state index contributed by atoms with van der Waals surface area (Å²) in [5, 5.41) is 3.38. The zero-order chi connectivity index (χ0) is 11.8. The molecule has 1 heterocycles. The van der Waals surface area contributed by atoms with E-state index in [4.69, 9.17) is 5.73 Å². The third-order valence-corrected chi connectivity index (χ3v) is 2.37. The van der Waals surface area contributed by atoms with Crippen molar-refractivity contribution in [2.45, 2.75) is 11.5 Å². The Morgan fingerprint density at radius 3 is 2.33 bits per heavy atom. The SMILES string of the molecule is Nc1cc(C(F)F)c(S(N)(=O)=O)nc1F. The van der Waals surface area contributed by atoms with E-state index >= 15 is 0 Å². The summed E-state index contributed by atoms with van der Waals surface area (Å²) in [7, 11) is -4.50. The zero-order valence-corrected chi connectivity index (χ0v) is 7.93. The molecule has 4 N–H and O–H groups in total. The highest BCUT2D eigenvalue weighted by Crippen LogP contribution is 2.26. The van der Waals surface area contributed by atoms with Gasteiger partial charge in [0.05, 0.1) is 11.3 Å². The van der Waals surface area contributed by atoms with Crippen LogP contribution in [0.4, 0.5) is 18.9 Å². The summed E-state index contributed by atoms with van der Waals surface area (Å²) in [6, 6.07) is 0.493. The molecule has 0 unspecified atom stereocenters. The lowest BCUT2D eigenvalue weighted by molar-refractivity contribution is 0.146. The Bertz CT molecular complexity index is 489. The van der Waals surface area contributed by atoms with Crippen LogP contribution in [0.1, 0.15) is 12.0 Å². The average molecular weight is 241 g/mol. The minimum absolute atomic E-state index is 0.493. The zero-order valence-electron chi connectivity index (χ0n) is 7.12. The summed E-state index contributed by atoms with van der Waals surface area (Å²) >= 11 is 0. The van der Waals surface area contributed by atoms with Crippen molar-refractivity contribution in [1.29, 1.82) is 0 Å². The number of sulfonamides is 1. The molecule has 84 valence electrons. The molecule has 0 atom stereocenters. The molecule has 5 nitrogen and oxygen atoms in total. The van der Waals surface area contributed by atoms with Crippen molar-refractivity contribution in [3.05, 3.63) is 17.6 Å². The summed E-state index contributed by atoms with van der Waals surface area (Å²) in [6.45, 7) is 0. The van der Waals surface area contributed by atoms with E-state index in [2.05, 4.69) is 10.1 Å². The summed E-state index contributed by atoms with van der Waals surface area (Å²) < 4.78 is 59.0. The predicted octanol–water partition coefficient (Wildman–Crippen LogP) is 0.388. The van der Waals surface area contributed by atoms with Gasteiger partial charge in [0.1, 0.15) is 0 Å². The largest absolute Gasteiger partial charge is 0.395 e. The first-order valence-corrected chi connectivity index (χ1v) is 5.05. The highest BCUT2D eigenvalue weighted by atomic mass is 32.2. The van der Waals surface area contributed by atoms with Gasteiger partial charge in [0.25, 0.3) is 16.4 Å². The van der Waals surface area contributed by atoms with Gasteiger partial charge in [0.15, 0.2) is 5.03 Å². The number of alkyl halides is 2. The van der Waals surface area contributed by atoms with Crippen LogP contribution in [0.25, 0.3) is 0 Å². The van der Waals surface area contributed by atoms with Gasteiger partial charge in [-0.3, -0.25) is 0 Å².